The van der Waals surface area contributed by atoms with Gasteiger partial charge in [-0.05, 0) is 31.5 Å². The van der Waals surface area contributed by atoms with Crippen molar-refractivity contribution in [2.75, 3.05) is 24.5 Å². The first-order chi connectivity index (χ1) is 7.72. The van der Waals surface area contributed by atoms with E-state index in [2.05, 4.69) is 30.1 Å². The fraction of sp³-hybridized carbons (Fsp3) is 0.538. The summed E-state index contributed by atoms with van der Waals surface area (Å²) < 4.78 is 0. The van der Waals surface area contributed by atoms with E-state index >= 15 is 0 Å². The fourth-order valence-corrected chi connectivity index (χ4v) is 2.78. The third-order valence-electron chi connectivity index (χ3n) is 3.19. The number of aryl methyl sites for hydroxylation is 1. The molecule has 1 heterocycles. The summed E-state index contributed by atoms with van der Waals surface area (Å²) in [5.74, 6) is 0. The highest BCUT2D eigenvalue weighted by atomic mass is 35.5. The van der Waals surface area contributed by atoms with Gasteiger partial charge in [0, 0.05) is 19.1 Å². The molecule has 1 unspecified atom stereocenters. The van der Waals surface area contributed by atoms with Gasteiger partial charge in [-0.15, -0.1) is 0 Å². The standard InChI is InChI=1S/C13H19ClN2/c1-3-15-11-7-8-16(9-11)13-10(2)5-4-6-12(13)14/h4-6,11,15H,3,7-9H2,1-2H3. The van der Waals surface area contributed by atoms with Crippen LogP contribution in [0.4, 0.5) is 5.69 Å². The smallest absolute Gasteiger partial charge is 0.0642 e. The summed E-state index contributed by atoms with van der Waals surface area (Å²) in [6.07, 6.45) is 1.21. The Morgan fingerprint density at radius 3 is 3.00 bits per heavy atom. The van der Waals surface area contributed by atoms with Gasteiger partial charge in [0.05, 0.1) is 10.7 Å². The average molecular weight is 239 g/mol. The molecule has 1 aromatic carbocycles. The van der Waals surface area contributed by atoms with Crippen molar-refractivity contribution in [3.05, 3.63) is 28.8 Å². The van der Waals surface area contributed by atoms with Crippen LogP contribution in [0.15, 0.2) is 18.2 Å². The molecule has 0 bridgehead atoms. The van der Waals surface area contributed by atoms with Crippen LogP contribution in [-0.4, -0.2) is 25.7 Å². The maximum Gasteiger partial charge on any atom is 0.0642 e. The Morgan fingerprint density at radius 2 is 2.31 bits per heavy atom. The number of nitrogens with zero attached hydrogens (tertiary/aromatic N) is 1. The number of halogens is 1. The minimum Gasteiger partial charge on any atom is -0.368 e. The Bertz CT molecular complexity index is 345. The molecular formula is C13H19ClN2. The number of para-hydroxylation sites is 1. The highest BCUT2D eigenvalue weighted by molar-refractivity contribution is 6.33. The van der Waals surface area contributed by atoms with Crippen molar-refractivity contribution in [3.63, 3.8) is 0 Å². The van der Waals surface area contributed by atoms with E-state index < -0.39 is 0 Å². The number of nitrogens with one attached hydrogen (secondary N) is 1. The SMILES string of the molecule is CCNC1CCN(c2c(C)cccc2Cl)C1. The maximum absolute atomic E-state index is 6.27. The molecule has 2 nitrogen and oxygen atoms in total. The van der Waals surface area contributed by atoms with Gasteiger partial charge in [-0.3, -0.25) is 0 Å². The van der Waals surface area contributed by atoms with E-state index in [1.54, 1.807) is 0 Å². The molecule has 16 heavy (non-hydrogen) atoms. The van der Waals surface area contributed by atoms with Gasteiger partial charge in [-0.2, -0.15) is 0 Å². The molecule has 3 heteroatoms. The van der Waals surface area contributed by atoms with E-state index in [1.807, 2.05) is 12.1 Å². The number of rotatable bonds is 3. The number of hydrogen-bond donors (Lipinski definition) is 1. The third kappa shape index (κ3) is 2.33. The Morgan fingerprint density at radius 1 is 1.50 bits per heavy atom. The molecule has 1 aliphatic heterocycles. The van der Waals surface area contributed by atoms with Crippen molar-refractivity contribution in [1.82, 2.24) is 5.32 Å². The van der Waals surface area contributed by atoms with E-state index in [4.69, 9.17) is 11.6 Å². The molecule has 0 aliphatic carbocycles. The number of likely N-dealkylation sites (N-methyl/N-ethyl adjacent to an activating group) is 1. The summed E-state index contributed by atoms with van der Waals surface area (Å²) >= 11 is 6.27. The maximum atomic E-state index is 6.27. The quantitative estimate of drug-likeness (QED) is 0.871. The second kappa shape index (κ2) is 5.07. The van der Waals surface area contributed by atoms with Crippen molar-refractivity contribution < 1.29 is 0 Å². The van der Waals surface area contributed by atoms with E-state index in [0.717, 1.165) is 24.7 Å². The van der Waals surface area contributed by atoms with Crippen molar-refractivity contribution >= 4 is 17.3 Å². The van der Waals surface area contributed by atoms with Crippen LogP contribution in [0.3, 0.4) is 0 Å². The molecule has 0 radical (unpaired) electrons. The van der Waals surface area contributed by atoms with Gasteiger partial charge >= 0.3 is 0 Å². The Labute approximate surface area is 103 Å². The topological polar surface area (TPSA) is 15.3 Å². The van der Waals surface area contributed by atoms with Crippen LogP contribution >= 0.6 is 11.6 Å². The van der Waals surface area contributed by atoms with Crippen molar-refractivity contribution in [2.24, 2.45) is 0 Å². The normalized spacial score (nSPS) is 20.4. The minimum absolute atomic E-state index is 0.612. The van der Waals surface area contributed by atoms with Gasteiger partial charge in [0.1, 0.15) is 0 Å². The fourth-order valence-electron chi connectivity index (χ4n) is 2.44. The van der Waals surface area contributed by atoms with Gasteiger partial charge in [-0.25, -0.2) is 0 Å². The molecule has 1 N–H and O–H groups in total. The van der Waals surface area contributed by atoms with Crippen molar-refractivity contribution in [1.29, 1.82) is 0 Å². The Balaban J connectivity index is 2.14. The lowest BCUT2D eigenvalue weighted by atomic mass is 10.2. The number of anilines is 1. The van der Waals surface area contributed by atoms with E-state index in [1.165, 1.54) is 17.7 Å². The van der Waals surface area contributed by atoms with Crippen LogP contribution in [-0.2, 0) is 0 Å². The molecule has 2 rings (SSSR count). The molecule has 1 aliphatic rings. The molecule has 0 spiro atoms. The van der Waals surface area contributed by atoms with E-state index in [9.17, 15) is 0 Å². The van der Waals surface area contributed by atoms with Gasteiger partial charge in [0.15, 0.2) is 0 Å². The summed E-state index contributed by atoms with van der Waals surface area (Å²) in [5.41, 5.74) is 2.48. The Hall–Kier alpha value is -0.730. The summed E-state index contributed by atoms with van der Waals surface area (Å²) in [6.45, 7) is 7.49. The predicted octanol–water partition coefficient (Wildman–Crippen LogP) is 2.84. The largest absolute Gasteiger partial charge is 0.368 e. The van der Waals surface area contributed by atoms with Gasteiger partial charge < -0.3 is 10.2 Å². The van der Waals surface area contributed by atoms with E-state index in [-0.39, 0.29) is 0 Å². The van der Waals surface area contributed by atoms with Crippen LogP contribution in [0, 0.1) is 6.92 Å². The molecule has 0 saturated carbocycles. The molecular weight excluding hydrogens is 220 g/mol. The lowest BCUT2D eigenvalue weighted by molar-refractivity contribution is 0.572. The molecule has 0 amide bonds. The Kier molecular flexibility index (Phi) is 3.72. The summed E-state index contributed by atoms with van der Waals surface area (Å²) in [6, 6.07) is 6.73. The van der Waals surface area contributed by atoms with Crippen LogP contribution in [0.5, 0.6) is 0 Å². The molecule has 0 aromatic heterocycles. The third-order valence-corrected chi connectivity index (χ3v) is 3.49. The number of hydrogen-bond acceptors (Lipinski definition) is 2. The van der Waals surface area contributed by atoms with Crippen LogP contribution in [0.1, 0.15) is 18.9 Å². The summed E-state index contributed by atoms with van der Waals surface area (Å²) in [7, 11) is 0. The molecule has 1 atom stereocenters. The first-order valence-corrected chi connectivity index (χ1v) is 6.33. The lowest BCUT2D eigenvalue weighted by Crippen LogP contribution is -2.32. The van der Waals surface area contributed by atoms with Crippen molar-refractivity contribution in [3.8, 4) is 0 Å². The zero-order valence-corrected chi connectivity index (χ0v) is 10.7. The second-order valence-electron chi connectivity index (χ2n) is 4.39. The molecule has 1 fully saturated rings. The van der Waals surface area contributed by atoms with Crippen LogP contribution < -0.4 is 10.2 Å². The van der Waals surface area contributed by atoms with Crippen molar-refractivity contribution in [2.45, 2.75) is 26.3 Å². The van der Waals surface area contributed by atoms with Crippen LogP contribution in [0.2, 0.25) is 5.02 Å². The molecule has 1 saturated heterocycles. The first-order valence-electron chi connectivity index (χ1n) is 5.95. The number of benzene rings is 1. The van der Waals surface area contributed by atoms with Gasteiger partial charge in [0.2, 0.25) is 0 Å². The molecule has 88 valence electrons. The lowest BCUT2D eigenvalue weighted by Gasteiger charge is -2.22. The zero-order valence-electron chi connectivity index (χ0n) is 9.96. The van der Waals surface area contributed by atoms with Gasteiger partial charge in [0.25, 0.3) is 0 Å². The van der Waals surface area contributed by atoms with E-state index in [0.29, 0.717) is 6.04 Å². The summed E-state index contributed by atoms with van der Waals surface area (Å²) in [4.78, 5) is 2.39. The van der Waals surface area contributed by atoms with Gasteiger partial charge in [-0.1, -0.05) is 30.7 Å². The highest BCUT2D eigenvalue weighted by Crippen LogP contribution is 2.31. The average Bonchev–Trinajstić information content (AvgIpc) is 2.67. The second-order valence-corrected chi connectivity index (χ2v) is 4.80. The first kappa shape index (κ1) is 11.7. The monoisotopic (exact) mass is 238 g/mol. The minimum atomic E-state index is 0.612. The zero-order chi connectivity index (χ0) is 11.5. The molecule has 1 aromatic rings. The summed E-state index contributed by atoms with van der Waals surface area (Å²) in [5, 5.41) is 4.37. The highest BCUT2D eigenvalue weighted by Gasteiger charge is 2.23. The predicted molar refractivity (Wildman–Crippen MR) is 70.5 cm³/mol. The van der Waals surface area contributed by atoms with Crippen LogP contribution in [0.25, 0.3) is 0 Å².